The van der Waals surface area contributed by atoms with Crippen LogP contribution in [0.5, 0.6) is 0 Å². The Hall–Kier alpha value is -0.132. The molecule has 0 fully saturated rings. The molecule has 10 heavy (non-hydrogen) atoms. The van der Waals surface area contributed by atoms with Gasteiger partial charge >= 0.3 is 0 Å². The predicted molar refractivity (Wildman–Crippen MR) is 35.5 cm³/mol. The van der Waals surface area contributed by atoms with Crippen LogP contribution in [0.25, 0.3) is 0 Å². The average molecular weight is 323 g/mol. The van der Waals surface area contributed by atoms with Gasteiger partial charge < -0.3 is 0 Å². The molecular formula is C7H4ClOW-. The van der Waals surface area contributed by atoms with E-state index in [-0.39, 0.29) is 21.1 Å². The van der Waals surface area contributed by atoms with E-state index in [1.54, 1.807) is 24.3 Å². The van der Waals surface area contributed by atoms with Gasteiger partial charge in [0, 0.05) is 21.1 Å². The summed E-state index contributed by atoms with van der Waals surface area (Å²) < 4.78 is 0. The molecule has 1 rings (SSSR count). The first-order valence-electron chi connectivity index (χ1n) is 2.46. The molecule has 52 valence electrons. The third-order valence-corrected chi connectivity index (χ3v) is 1.16. The molecule has 0 N–H and O–H groups in total. The summed E-state index contributed by atoms with van der Waals surface area (Å²) in [6.45, 7) is 0. The van der Waals surface area contributed by atoms with Crippen LogP contribution in [-0.4, -0.2) is 5.24 Å². The summed E-state index contributed by atoms with van der Waals surface area (Å²) in [7, 11) is 0. The summed E-state index contributed by atoms with van der Waals surface area (Å²) in [5, 5.41) is -0.427. The van der Waals surface area contributed by atoms with Crippen molar-refractivity contribution in [2.45, 2.75) is 0 Å². The zero-order chi connectivity index (χ0) is 6.69. The van der Waals surface area contributed by atoms with Gasteiger partial charge in [0.1, 0.15) is 0 Å². The molecule has 0 aliphatic heterocycles. The molecule has 0 aliphatic rings. The molecule has 0 heterocycles. The monoisotopic (exact) mass is 323 g/mol. The van der Waals surface area contributed by atoms with Crippen molar-refractivity contribution < 1.29 is 25.9 Å². The largest absolute Gasteiger partial charge is 0.278 e. The van der Waals surface area contributed by atoms with Crippen molar-refractivity contribution in [3.8, 4) is 0 Å². The Labute approximate surface area is 78.6 Å². The van der Waals surface area contributed by atoms with E-state index in [4.69, 9.17) is 11.6 Å². The first kappa shape index (κ1) is 9.87. The Bertz CT molecular complexity index is 210. The zero-order valence-corrected chi connectivity index (χ0v) is 8.69. The third kappa shape index (κ3) is 2.64. The molecule has 0 atom stereocenters. The molecule has 1 aromatic carbocycles. The van der Waals surface area contributed by atoms with Crippen LogP contribution in [0.3, 0.4) is 0 Å². The van der Waals surface area contributed by atoms with Crippen LogP contribution in [0.4, 0.5) is 0 Å². The fourth-order valence-electron chi connectivity index (χ4n) is 0.518. The molecule has 0 unspecified atom stereocenters. The van der Waals surface area contributed by atoms with Gasteiger partial charge in [-0.15, -0.1) is 0 Å². The van der Waals surface area contributed by atoms with Gasteiger partial charge in [0.2, 0.25) is 5.24 Å². The maximum absolute atomic E-state index is 10.4. The van der Waals surface area contributed by atoms with Crippen molar-refractivity contribution in [3.05, 3.63) is 35.9 Å². The minimum Gasteiger partial charge on any atom is -0.278 e. The Balaban J connectivity index is 0.000000810. The summed E-state index contributed by atoms with van der Waals surface area (Å²) in [6.07, 6.45) is 0. The number of benzene rings is 1. The Morgan fingerprint density at radius 3 is 2.20 bits per heavy atom. The first-order chi connectivity index (χ1) is 4.30. The molecule has 0 bridgehead atoms. The smallest absolute Gasteiger partial charge is 0.228 e. The molecule has 0 radical (unpaired) electrons. The molecule has 3 heteroatoms. The van der Waals surface area contributed by atoms with Gasteiger partial charge in [0.15, 0.2) is 0 Å². The van der Waals surface area contributed by atoms with E-state index in [1.165, 1.54) is 0 Å². The van der Waals surface area contributed by atoms with Crippen LogP contribution in [0, 0.1) is 6.07 Å². The molecule has 0 saturated heterocycles. The van der Waals surface area contributed by atoms with E-state index in [9.17, 15) is 4.79 Å². The van der Waals surface area contributed by atoms with Crippen molar-refractivity contribution in [1.29, 1.82) is 0 Å². The van der Waals surface area contributed by atoms with Gasteiger partial charge in [0.05, 0.1) is 0 Å². The van der Waals surface area contributed by atoms with Crippen molar-refractivity contribution in [1.82, 2.24) is 0 Å². The van der Waals surface area contributed by atoms with Crippen molar-refractivity contribution in [2.24, 2.45) is 0 Å². The zero-order valence-electron chi connectivity index (χ0n) is 5.00. The average Bonchev–Trinajstić information content (AvgIpc) is 1.90. The second-order valence-corrected chi connectivity index (χ2v) is 1.91. The van der Waals surface area contributed by atoms with Crippen LogP contribution >= 0.6 is 11.6 Å². The predicted octanol–water partition coefficient (Wildman–Crippen LogP) is 1.86. The quantitative estimate of drug-likeness (QED) is 0.570. The number of carbonyl (C=O) groups excluding carboxylic acids is 1. The van der Waals surface area contributed by atoms with Gasteiger partial charge in [0.25, 0.3) is 0 Å². The van der Waals surface area contributed by atoms with Crippen molar-refractivity contribution in [2.75, 3.05) is 0 Å². The maximum atomic E-state index is 10.4. The summed E-state index contributed by atoms with van der Waals surface area (Å²) in [6, 6.07) is 9.31. The van der Waals surface area contributed by atoms with Crippen LogP contribution in [0.1, 0.15) is 10.4 Å². The molecule has 1 aromatic rings. The topological polar surface area (TPSA) is 17.1 Å². The van der Waals surface area contributed by atoms with Gasteiger partial charge in [-0.1, -0.05) is 5.56 Å². The molecular weight excluding hydrogens is 319 g/mol. The first-order valence-corrected chi connectivity index (χ1v) is 2.84. The molecule has 0 saturated carbocycles. The van der Waals surface area contributed by atoms with Gasteiger partial charge in [-0.3, -0.25) is 4.79 Å². The Morgan fingerprint density at radius 2 is 1.90 bits per heavy atom. The van der Waals surface area contributed by atoms with E-state index in [1.807, 2.05) is 0 Å². The van der Waals surface area contributed by atoms with Gasteiger partial charge in [-0.25, -0.2) is 0 Å². The van der Waals surface area contributed by atoms with E-state index in [0.717, 1.165) is 0 Å². The summed E-state index contributed by atoms with van der Waals surface area (Å²) in [5.41, 5.74) is 0.510. The fourth-order valence-corrected chi connectivity index (χ4v) is 0.644. The standard InChI is InChI=1S/C7H4ClO.W/c8-7(9)6-4-2-1-3-5-6;/h2-5H;/q-1;. The van der Waals surface area contributed by atoms with E-state index in [0.29, 0.717) is 5.56 Å². The summed E-state index contributed by atoms with van der Waals surface area (Å²) in [4.78, 5) is 10.4. The van der Waals surface area contributed by atoms with Crippen LogP contribution in [0.2, 0.25) is 0 Å². The molecule has 0 amide bonds. The van der Waals surface area contributed by atoms with Crippen molar-refractivity contribution in [3.63, 3.8) is 0 Å². The van der Waals surface area contributed by atoms with E-state index >= 15 is 0 Å². The normalized spacial score (nSPS) is 8.10. The SMILES string of the molecule is O=C(Cl)c1cc[c-]cc1.[W]. The number of carbonyl (C=O) groups is 1. The summed E-state index contributed by atoms with van der Waals surface area (Å²) >= 11 is 5.15. The number of rotatable bonds is 1. The van der Waals surface area contributed by atoms with Crippen molar-refractivity contribution >= 4 is 16.8 Å². The van der Waals surface area contributed by atoms with Crippen LogP contribution < -0.4 is 0 Å². The number of hydrogen-bond donors (Lipinski definition) is 0. The third-order valence-electron chi connectivity index (χ3n) is 0.945. The molecule has 0 spiro atoms. The minimum absolute atomic E-state index is 0. The summed E-state index contributed by atoms with van der Waals surface area (Å²) in [5.74, 6) is 0. The molecule has 0 aromatic heterocycles. The second-order valence-electron chi connectivity index (χ2n) is 1.56. The Morgan fingerprint density at radius 1 is 1.40 bits per heavy atom. The fraction of sp³-hybridized carbons (Fsp3) is 0. The maximum Gasteiger partial charge on any atom is 0.228 e. The number of halogens is 1. The molecule has 0 aliphatic carbocycles. The van der Waals surface area contributed by atoms with E-state index in [2.05, 4.69) is 6.07 Å². The van der Waals surface area contributed by atoms with Gasteiger partial charge in [-0.2, -0.15) is 30.3 Å². The number of hydrogen-bond acceptors (Lipinski definition) is 1. The molecule has 1 nitrogen and oxygen atoms in total. The minimum atomic E-state index is -0.427. The van der Waals surface area contributed by atoms with Gasteiger partial charge in [-0.05, 0) is 11.6 Å². The van der Waals surface area contributed by atoms with E-state index < -0.39 is 5.24 Å². The van der Waals surface area contributed by atoms with Crippen LogP contribution in [-0.2, 0) is 21.1 Å². The Kier molecular flexibility index (Phi) is 4.59. The van der Waals surface area contributed by atoms with Crippen LogP contribution in [0.15, 0.2) is 24.3 Å². The second kappa shape index (κ2) is 4.65.